The molecule has 3 rings (SSSR count). The minimum Gasteiger partial charge on any atom is -0.356 e. The lowest BCUT2D eigenvalue weighted by Gasteiger charge is -2.20. The number of piperidine rings is 1. The van der Waals surface area contributed by atoms with Crippen molar-refractivity contribution in [2.75, 3.05) is 18.0 Å². The van der Waals surface area contributed by atoms with Crippen molar-refractivity contribution in [2.45, 2.75) is 13.3 Å². The predicted molar refractivity (Wildman–Crippen MR) is 55.6 cm³/mol. The Balaban J connectivity index is 1.92. The van der Waals surface area contributed by atoms with Gasteiger partial charge in [0.2, 0.25) is 0 Å². The Hall–Kier alpha value is -0.830. The van der Waals surface area contributed by atoms with Gasteiger partial charge >= 0.3 is 0 Å². The average molecular weight is 210 g/mol. The van der Waals surface area contributed by atoms with Crippen molar-refractivity contribution >= 4 is 17.4 Å². The Morgan fingerprint density at radius 2 is 2.07 bits per heavy atom. The second kappa shape index (κ2) is 2.83. The zero-order valence-corrected chi connectivity index (χ0v) is 8.83. The van der Waals surface area contributed by atoms with Gasteiger partial charge < -0.3 is 4.90 Å². The van der Waals surface area contributed by atoms with Crippen LogP contribution in [0.4, 0.5) is 5.82 Å². The molecule has 1 aliphatic carbocycles. The topological polar surface area (TPSA) is 29.0 Å². The smallest absolute Gasteiger partial charge is 0.137 e. The zero-order valence-electron chi connectivity index (χ0n) is 8.07. The Labute approximate surface area is 88.1 Å². The fourth-order valence-electron chi connectivity index (χ4n) is 2.31. The molecule has 2 unspecified atom stereocenters. The van der Waals surface area contributed by atoms with E-state index in [1.54, 1.807) is 6.33 Å². The molecule has 0 bridgehead atoms. The molecular weight excluding hydrogens is 198 g/mol. The van der Waals surface area contributed by atoms with E-state index < -0.39 is 0 Å². The summed E-state index contributed by atoms with van der Waals surface area (Å²) in [6.07, 6.45) is 2.96. The number of rotatable bonds is 1. The van der Waals surface area contributed by atoms with Crippen LogP contribution in [0.1, 0.15) is 12.0 Å². The summed E-state index contributed by atoms with van der Waals surface area (Å²) < 4.78 is 0. The van der Waals surface area contributed by atoms with Crippen molar-refractivity contribution in [3.8, 4) is 0 Å². The van der Waals surface area contributed by atoms with E-state index in [9.17, 15) is 0 Å². The maximum absolute atomic E-state index is 5.96. The van der Waals surface area contributed by atoms with E-state index in [2.05, 4.69) is 14.9 Å². The zero-order chi connectivity index (χ0) is 9.71. The largest absolute Gasteiger partial charge is 0.356 e. The van der Waals surface area contributed by atoms with Crippen molar-refractivity contribution in [1.82, 2.24) is 9.97 Å². The third-order valence-corrected chi connectivity index (χ3v) is 3.66. The first-order valence-electron chi connectivity index (χ1n) is 4.97. The highest BCUT2D eigenvalue weighted by atomic mass is 35.5. The summed E-state index contributed by atoms with van der Waals surface area (Å²) in [6, 6.07) is 0. The number of fused-ring (bicyclic) bond motifs is 1. The molecule has 14 heavy (non-hydrogen) atoms. The normalized spacial score (nSPS) is 29.1. The molecule has 2 atom stereocenters. The van der Waals surface area contributed by atoms with Crippen LogP contribution in [0, 0.1) is 18.8 Å². The van der Waals surface area contributed by atoms with E-state index in [0.29, 0.717) is 5.15 Å². The van der Waals surface area contributed by atoms with E-state index >= 15 is 0 Å². The molecule has 1 aromatic heterocycles. The summed E-state index contributed by atoms with van der Waals surface area (Å²) in [6.45, 7) is 4.29. The number of hydrogen-bond acceptors (Lipinski definition) is 3. The minimum absolute atomic E-state index is 0.579. The first-order chi connectivity index (χ1) is 6.75. The van der Waals surface area contributed by atoms with Crippen molar-refractivity contribution in [3.05, 3.63) is 17.0 Å². The van der Waals surface area contributed by atoms with E-state index in [0.717, 1.165) is 36.3 Å². The van der Waals surface area contributed by atoms with Gasteiger partial charge in [0.1, 0.15) is 17.3 Å². The summed E-state index contributed by atoms with van der Waals surface area (Å²) in [5, 5.41) is 0.579. The summed E-state index contributed by atoms with van der Waals surface area (Å²) in [7, 11) is 0. The third-order valence-electron chi connectivity index (χ3n) is 3.27. The summed E-state index contributed by atoms with van der Waals surface area (Å²) in [5.74, 6) is 2.86. The maximum Gasteiger partial charge on any atom is 0.137 e. The lowest BCUT2D eigenvalue weighted by Crippen LogP contribution is -2.24. The second-order valence-electron chi connectivity index (χ2n) is 4.27. The quantitative estimate of drug-likeness (QED) is 0.662. The van der Waals surface area contributed by atoms with Crippen molar-refractivity contribution < 1.29 is 0 Å². The Morgan fingerprint density at radius 1 is 1.36 bits per heavy atom. The molecule has 0 spiro atoms. The van der Waals surface area contributed by atoms with Crippen LogP contribution in [0.2, 0.25) is 5.15 Å². The molecule has 74 valence electrons. The van der Waals surface area contributed by atoms with Gasteiger partial charge in [-0.05, 0) is 25.2 Å². The van der Waals surface area contributed by atoms with Gasteiger partial charge in [0.05, 0.1) is 0 Å². The molecule has 0 N–H and O–H groups in total. The fraction of sp³-hybridized carbons (Fsp3) is 0.600. The van der Waals surface area contributed by atoms with Crippen LogP contribution in [0.25, 0.3) is 0 Å². The van der Waals surface area contributed by atoms with Gasteiger partial charge in [-0.2, -0.15) is 0 Å². The molecule has 0 radical (unpaired) electrons. The van der Waals surface area contributed by atoms with Crippen LogP contribution in [0.15, 0.2) is 6.33 Å². The van der Waals surface area contributed by atoms with Gasteiger partial charge in [0, 0.05) is 18.7 Å². The van der Waals surface area contributed by atoms with Crippen LogP contribution in [0.5, 0.6) is 0 Å². The number of halogens is 1. The molecule has 3 nitrogen and oxygen atoms in total. The molecule has 4 heteroatoms. The lowest BCUT2D eigenvalue weighted by molar-refractivity contribution is 0.798. The second-order valence-corrected chi connectivity index (χ2v) is 4.63. The highest BCUT2D eigenvalue weighted by molar-refractivity contribution is 6.30. The van der Waals surface area contributed by atoms with Gasteiger partial charge in [0.15, 0.2) is 0 Å². The van der Waals surface area contributed by atoms with E-state index in [1.807, 2.05) is 6.92 Å². The van der Waals surface area contributed by atoms with Gasteiger partial charge in [-0.15, -0.1) is 0 Å². The van der Waals surface area contributed by atoms with Crippen LogP contribution in [-0.2, 0) is 0 Å². The van der Waals surface area contributed by atoms with Crippen LogP contribution < -0.4 is 4.90 Å². The fourth-order valence-corrected chi connectivity index (χ4v) is 2.44. The summed E-state index contributed by atoms with van der Waals surface area (Å²) in [5.41, 5.74) is 1.01. The van der Waals surface area contributed by atoms with Crippen LogP contribution >= 0.6 is 11.6 Å². The maximum atomic E-state index is 5.96. The van der Waals surface area contributed by atoms with Gasteiger partial charge in [-0.25, -0.2) is 9.97 Å². The Bertz CT molecular complexity index is 370. The average Bonchev–Trinajstić information content (AvgIpc) is 2.78. The molecule has 1 saturated heterocycles. The minimum atomic E-state index is 0.579. The molecule has 1 aliphatic heterocycles. The Kier molecular flexibility index (Phi) is 1.71. The number of aromatic nitrogens is 2. The molecule has 2 heterocycles. The van der Waals surface area contributed by atoms with E-state index in [4.69, 9.17) is 11.6 Å². The van der Waals surface area contributed by atoms with Crippen LogP contribution in [0.3, 0.4) is 0 Å². The first kappa shape index (κ1) is 8.48. The number of hydrogen-bond donors (Lipinski definition) is 0. The monoisotopic (exact) mass is 209 g/mol. The molecule has 2 aliphatic rings. The van der Waals surface area contributed by atoms with Gasteiger partial charge in [0.25, 0.3) is 0 Å². The Morgan fingerprint density at radius 3 is 2.79 bits per heavy atom. The van der Waals surface area contributed by atoms with Crippen molar-refractivity contribution in [1.29, 1.82) is 0 Å². The van der Waals surface area contributed by atoms with Crippen LogP contribution in [-0.4, -0.2) is 23.1 Å². The summed E-state index contributed by atoms with van der Waals surface area (Å²) >= 11 is 5.96. The molecule has 0 aromatic carbocycles. The number of anilines is 1. The van der Waals surface area contributed by atoms with Gasteiger partial charge in [-0.1, -0.05) is 11.6 Å². The standard InChI is InChI=1S/C10H12ClN3/c1-6-9(11)12-5-13-10(6)14-3-7-2-8(7)4-14/h5,7-8H,2-4H2,1H3. The molecule has 1 aromatic rings. The lowest BCUT2D eigenvalue weighted by atomic mass is 10.3. The SMILES string of the molecule is Cc1c(Cl)ncnc1N1CC2CC2C1. The number of nitrogens with zero attached hydrogens (tertiary/aromatic N) is 3. The first-order valence-corrected chi connectivity index (χ1v) is 5.35. The van der Waals surface area contributed by atoms with E-state index in [1.165, 1.54) is 6.42 Å². The highest BCUT2D eigenvalue weighted by Crippen LogP contribution is 2.46. The molecule has 2 fully saturated rings. The molecule has 1 saturated carbocycles. The van der Waals surface area contributed by atoms with Gasteiger partial charge in [-0.3, -0.25) is 0 Å². The molecular formula is C10H12ClN3. The van der Waals surface area contributed by atoms with Crippen molar-refractivity contribution in [2.24, 2.45) is 11.8 Å². The van der Waals surface area contributed by atoms with Crippen molar-refractivity contribution in [3.63, 3.8) is 0 Å². The molecule has 0 amide bonds. The predicted octanol–water partition coefficient (Wildman–Crippen LogP) is 1.89. The summed E-state index contributed by atoms with van der Waals surface area (Å²) in [4.78, 5) is 10.6. The van der Waals surface area contributed by atoms with E-state index in [-0.39, 0.29) is 0 Å². The third kappa shape index (κ3) is 1.19. The highest BCUT2D eigenvalue weighted by Gasteiger charge is 2.45.